The molecule has 0 bridgehead atoms. The van der Waals surface area contributed by atoms with Gasteiger partial charge in [0.25, 0.3) is 5.91 Å². The Bertz CT molecular complexity index is 508. The molecule has 6 heteroatoms. The van der Waals surface area contributed by atoms with Gasteiger partial charge in [-0.1, -0.05) is 6.92 Å². The van der Waals surface area contributed by atoms with Crippen LogP contribution in [0.25, 0.3) is 0 Å². The number of carboxylic acid groups (broad SMARTS) is 1. The molecule has 0 aromatic carbocycles. The van der Waals surface area contributed by atoms with E-state index in [0.717, 1.165) is 17.3 Å². The van der Waals surface area contributed by atoms with Crippen LogP contribution in [-0.2, 0) is 11.8 Å². The van der Waals surface area contributed by atoms with Crippen molar-refractivity contribution in [3.05, 3.63) is 22.4 Å². The lowest BCUT2D eigenvalue weighted by Gasteiger charge is -2.24. The van der Waals surface area contributed by atoms with Crippen molar-refractivity contribution in [2.24, 2.45) is 13.0 Å². The summed E-state index contributed by atoms with van der Waals surface area (Å²) in [4.78, 5) is 25.2. The highest BCUT2D eigenvalue weighted by atomic mass is 79.9. The van der Waals surface area contributed by atoms with Gasteiger partial charge in [-0.2, -0.15) is 0 Å². The third kappa shape index (κ3) is 3.18. The van der Waals surface area contributed by atoms with Gasteiger partial charge in [0.1, 0.15) is 5.69 Å². The van der Waals surface area contributed by atoms with Crippen LogP contribution >= 0.6 is 15.9 Å². The van der Waals surface area contributed by atoms with E-state index in [1.807, 2.05) is 13.2 Å². The summed E-state index contributed by atoms with van der Waals surface area (Å²) in [6.45, 7) is 1.90. The molecule has 5 nitrogen and oxygen atoms in total. The lowest BCUT2D eigenvalue weighted by Crippen LogP contribution is -2.39. The molecule has 1 aliphatic carbocycles. The van der Waals surface area contributed by atoms with Crippen molar-refractivity contribution in [1.29, 1.82) is 0 Å². The topological polar surface area (TPSA) is 62.5 Å². The molecule has 0 saturated heterocycles. The van der Waals surface area contributed by atoms with Crippen LogP contribution < -0.4 is 0 Å². The molecule has 0 radical (unpaired) electrons. The van der Waals surface area contributed by atoms with Crippen LogP contribution in [-0.4, -0.2) is 39.0 Å². The molecule has 19 heavy (non-hydrogen) atoms. The van der Waals surface area contributed by atoms with Gasteiger partial charge in [-0.25, -0.2) is 0 Å². The lowest BCUT2D eigenvalue weighted by atomic mass is 10.1. The summed E-state index contributed by atoms with van der Waals surface area (Å²) in [7, 11) is 1.81. The highest BCUT2D eigenvalue weighted by Crippen LogP contribution is 2.29. The number of aryl methyl sites for hydroxylation is 1. The lowest BCUT2D eigenvalue weighted by molar-refractivity contribution is -0.141. The van der Waals surface area contributed by atoms with E-state index in [2.05, 4.69) is 15.9 Å². The molecular weight excluding hydrogens is 312 g/mol. The maximum Gasteiger partial charge on any atom is 0.308 e. The van der Waals surface area contributed by atoms with Crippen molar-refractivity contribution in [3.8, 4) is 0 Å². The Balaban J connectivity index is 2.17. The molecule has 1 saturated carbocycles. The second-order valence-corrected chi connectivity index (χ2v) is 6.00. The van der Waals surface area contributed by atoms with Gasteiger partial charge in [-0.05, 0) is 34.8 Å². The average Bonchev–Trinajstić information content (AvgIpc) is 3.10. The normalized spacial score (nSPS) is 16.2. The molecule has 1 heterocycles. The van der Waals surface area contributed by atoms with E-state index in [9.17, 15) is 9.59 Å². The number of rotatable bonds is 5. The monoisotopic (exact) mass is 328 g/mol. The Hall–Kier alpha value is -1.30. The van der Waals surface area contributed by atoms with Gasteiger partial charge in [-0.3, -0.25) is 9.59 Å². The average molecular weight is 329 g/mol. The summed E-state index contributed by atoms with van der Waals surface area (Å²) >= 11 is 3.34. The zero-order valence-corrected chi connectivity index (χ0v) is 12.6. The molecule has 2 rings (SSSR count). The Morgan fingerprint density at radius 2 is 2.21 bits per heavy atom. The fraction of sp³-hybridized carbons (Fsp3) is 0.538. The maximum absolute atomic E-state index is 12.5. The Morgan fingerprint density at radius 3 is 2.63 bits per heavy atom. The first-order chi connectivity index (χ1) is 8.90. The number of hydrogen-bond donors (Lipinski definition) is 1. The molecule has 104 valence electrons. The van der Waals surface area contributed by atoms with Gasteiger partial charge in [0.2, 0.25) is 0 Å². The summed E-state index contributed by atoms with van der Waals surface area (Å²) in [5.74, 6) is -1.51. The standard InChI is InChI=1S/C13H17BrN2O3/c1-8(13(18)19)6-16(10-3-4-10)12(17)11-5-9(14)7-15(11)2/h5,7-8,10H,3-4,6H2,1-2H3,(H,18,19)/t8-/m1/s1. The highest BCUT2D eigenvalue weighted by molar-refractivity contribution is 9.10. The first-order valence-electron chi connectivity index (χ1n) is 6.25. The van der Waals surface area contributed by atoms with E-state index in [1.54, 1.807) is 22.5 Å². The molecule has 0 aliphatic heterocycles. The molecule has 1 aliphatic rings. The van der Waals surface area contributed by atoms with Gasteiger partial charge in [0, 0.05) is 30.3 Å². The minimum atomic E-state index is -0.869. The van der Waals surface area contributed by atoms with Gasteiger partial charge in [0.15, 0.2) is 0 Å². The van der Waals surface area contributed by atoms with Gasteiger partial charge in [0.05, 0.1) is 5.92 Å². The van der Waals surface area contributed by atoms with E-state index in [4.69, 9.17) is 5.11 Å². The van der Waals surface area contributed by atoms with Crippen LogP contribution in [0.3, 0.4) is 0 Å². The van der Waals surface area contributed by atoms with E-state index >= 15 is 0 Å². The smallest absolute Gasteiger partial charge is 0.308 e. The van der Waals surface area contributed by atoms with E-state index in [0.29, 0.717) is 5.69 Å². The summed E-state index contributed by atoms with van der Waals surface area (Å²) < 4.78 is 2.60. The largest absolute Gasteiger partial charge is 0.481 e. The van der Waals surface area contributed by atoms with Crippen LogP contribution in [0.2, 0.25) is 0 Å². The second kappa shape index (κ2) is 5.36. The van der Waals surface area contributed by atoms with Crippen molar-refractivity contribution in [1.82, 2.24) is 9.47 Å². The summed E-state index contributed by atoms with van der Waals surface area (Å²) in [5.41, 5.74) is 0.580. The van der Waals surface area contributed by atoms with Crippen LogP contribution in [0.4, 0.5) is 0 Å². The zero-order valence-electron chi connectivity index (χ0n) is 11.0. The maximum atomic E-state index is 12.5. The van der Waals surface area contributed by atoms with E-state index in [1.165, 1.54) is 0 Å². The quantitative estimate of drug-likeness (QED) is 0.900. The van der Waals surface area contributed by atoms with Crippen molar-refractivity contribution >= 4 is 27.8 Å². The molecule has 1 amide bonds. The number of nitrogens with zero attached hydrogens (tertiary/aromatic N) is 2. The van der Waals surface area contributed by atoms with E-state index in [-0.39, 0.29) is 18.5 Å². The van der Waals surface area contributed by atoms with Crippen molar-refractivity contribution in [2.75, 3.05) is 6.54 Å². The summed E-state index contributed by atoms with van der Waals surface area (Å²) in [6.07, 6.45) is 3.74. The predicted molar refractivity (Wildman–Crippen MR) is 74.0 cm³/mol. The number of aliphatic carboxylic acids is 1. The predicted octanol–water partition coefficient (Wildman–Crippen LogP) is 2.11. The second-order valence-electron chi connectivity index (χ2n) is 5.08. The zero-order chi connectivity index (χ0) is 14.2. The molecule has 0 unspecified atom stereocenters. The summed E-state index contributed by atoms with van der Waals surface area (Å²) in [5, 5.41) is 8.99. The van der Waals surface area contributed by atoms with Crippen molar-refractivity contribution < 1.29 is 14.7 Å². The number of hydrogen-bond acceptors (Lipinski definition) is 2. The molecular formula is C13H17BrN2O3. The Kier molecular flexibility index (Phi) is 3.99. The minimum Gasteiger partial charge on any atom is -0.481 e. The van der Waals surface area contributed by atoms with Crippen molar-refractivity contribution in [2.45, 2.75) is 25.8 Å². The number of carboxylic acids is 1. The number of carbonyl (C=O) groups is 2. The first kappa shape index (κ1) is 14.1. The van der Waals surface area contributed by atoms with Crippen LogP contribution in [0, 0.1) is 5.92 Å². The summed E-state index contributed by atoms with van der Waals surface area (Å²) in [6, 6.07) is 1.96. The number of carbonyl (C=O) groups excluding carboxylic acids is 1. The van der Waals surface area contributed by atoms with Crippen LogP contribution in [0.5, 0.6) is 0 Å². The number of halogens is 1. The van der Waals surface area contributed by atoms with E-state index < -0.39 is 11.9 Å². The third-order valence-corrected chi connectivity index (χ3v) is 3.76. The Labute approximate surface area is 120 Å². The third-order valence-electron chi connectivity index (χ3n) is 3.33. The molecule has 0 spiro atoms. The van der Waals surface area contributed by atoms with Crippen molar-refractivity contribution in [3.63, 3.8) is 0 Å². The fourth-order valence-corrected chi connectivity index (χ4v) is 2.57. The SMILES string of the molecule is C[C@H](CN(C(=O)c1cc(Br)cn1C)C1CC1)C(=O)O. The molecule has 1 atom stereocenters. The molecule has 1 fully saturated rings. The van der Waals surface area contributed by atoms with Gasteiger partial charge < -0.3 is 14.6 Å². The molecule has 1 aromatic rings. The molecule has 1 N–H and O–H groups in total. The Morgan fingerprint density at radius 1 is 1.58 bits per heavy atom. The van der Waals surface area contributed by atoms with Gasteiger partial charge >= 0.3 is 5.97 Å². The number of aromatic nitrogens is 1. The van der Waals surface area contributed by atoms with Crippen LogP contribution in [0.1, 0.15) is 30.3 Å². The fourth-order valence-electron chi connectivity index (χ4n) is 2.04. The molecule has 1 aromatic heterocycles. The number of amides is 1. The first-order valence-corrected chi connectivity index (χ1v) is 7.05. The highest BCUT2D eigenvalue weighted by Gasteiger charge is 2.35. The van der Waals surface area contributed by atoms with Gasteiger partial charge in [-0.15, -0.1) is 0 Å². The minimum absolute atomic E-state index is 0.0937. The van der Waals surface area contributed by atoms with Crippen LogP contribution in [0.15, 0.2) is 16.7 Å².